The first kappa shape index (κ1) is 24.9. The molecule has 1 heterocycles. The normalized spacial score (nSPS) is 13.5. The van der Waals surface area contributed by atoms with Gasteiger partial charge in [-0.15, -0.1) is 0 Å². The predicted octanol–water partition coefficient (Wildman–Crippen LogP) is 11.1. The van der Waals surface area contributed by atoms with Crippen molar-refractivity contribution in [2.24, 2.45) is 0 Å². The van der Waals surface area contributed by atoms with E-state index in [1.54, 1.807) is 0 Å². The van der Waals surface area contributed by atoms with Crippen molar-refractivity contribution in [3.63, 3.8) is 0 Å². The van der Waals surface area contributed by atoms with Crippen LogP contribution in [0.3, 0.4) is 0 Å². The van der Waals surface area contributed by atoms with Crippen LogP contribution < -0.4 is 4.90 Å². The molecule has 7 aromatic carbocycles. The number of nitrogens with zero attached hydrogens (tertiary/aromatic N) is 1. The van der Waals surface area contributed by atoms with Gasteiger partial charge in [0.2, 0.25) is 0 Å². The summed E-state index contributed by atoms with van der Waals surface area (Å²) in [5.41, 5.74) is 9.02. The van der Waals surface area contributed by atoms with Gasteiger partial charge in [0, 0.05) is 0 Å². The van der Waals surface area contributed by atoms with Crippen LogP contribution in [0.25, 0.3) is 52.0 Å². The fourth-order valence-electron chi connectivity index (χ4n) is 7.39. The van der Waals surface area contributed by atoms with Crippen LogP contribution in [0.2, 0.25) is 0 Å². The van der Waals surface area contributed by atoms with E-state index in [0.717, 1.165) is 5.69 Å². The monoisotopic (exact) mass is 615 g/mol. The molecule has 0 N–H and O–H groups in total. The summed E-state index contributed by atoms with van der Waals surface area (Å²) < 4.78 is 2.99. The Morgan fingerprint density at radius 3 is 2.07 bits per heavy atom. The standard InChI is InChI=1S/C41H29NSe/c1-41(2)35-18-10-8-14-29(35)34-25-28(21-23-36(34)41)42(27-12-4-3-5-13-27)37-24-26-20-22-33-31-16-9-11-19-38(31)43-40(33)39(26)32-17-7-6-15-30(32)37/h3-25H,1-2H3. The number of fused-ring (bicyclic) bond motifs is 10. The molecule has 0 saturated carbocycles. The van der Waals surface area contributed by atoms with Crippen molar-refractivity contribution in [1.82, 2.24) is 0 Å². The molecule has 0 amide bonds. The van der Waals surface area contributed by atoms with Crippen LogP contribution in [0.1, 0.15) is 25.0 Å². The zero-order chi connectivity index (χ0) is 28.7. The summed E-state index contributed by atoms with van der Waals surface area (Å²) in [5.74, 6) is 0. The van der Waals surface area contributed by atoms with Gasteiger partial charge in [-0.2, -0.15) is 0 Å². The second-order valence-corrected chi connectivity index (χ2v) is 14.4. The number of para-hydroxylation sites is 1. The Morgan fingerprint density at radius 1 is 0.512 bits per heavy atom. The molecular weight excluding hydrogens is 585 g/mol. The van der Waals surface area contributed by atoms with Gasteiger partial charge in [0.25, 0.3) is 0 Å². The van der Waals surface area contributed by atoms with Crippen LogP contribution in [0.15, 0.2) is 140 Å². The molecule has 0 bridgehead atoms. The molecule has 0 aliphatic heterocycles. The Balaban J connectivity index is 1.35. The van der Waals surface area contributed by atoms with E-state index in [1.807, 2.05) is 0 Å². The second kappa shape index (κ2) is 9.19. The molecule has 0 unspecified atom stereocenters. The van der Waals surface area contributed by atoms with Crippen molar-refractivity contribution in [2.45, 2.75) is 19.3 Å². The summed E-state index contributed by atoms with van der Waals surface area (Å²) in [5, 5.41) is 8.12. The van der Waals surface area contributed by atoms with Crippen molar-refractivity contribution >= 4 is 72.4 Å². The Labute approximate surface area is 257 Å². The topological polar surface area (TPSA) is 3.24 Å². The molecule has 0 fully saturated rings. The van der Waals surface area contributed by atoms with Gasteiger partial charge in [-0.25, -0.2) is 0 Å². The number of benzene rings is 7. The Kier molecular flexibility index (Phi) is 5.33. The fraction of sp³-hybridized carbons (Fsp3) is 0.0732. The van der Waals surface area contributed by atoms with Gasteiger partial charge < -0.3 is 0 Å². The van der Waals surface area contributed by atoms with Crippen LogP contribution in [0.5, 0.6) is 0 Å². The Bertz CT molecular complexity index is 2380. The number of rotatable bonds is 3. The fourth-order valence-corrected chi connectivity index (χ4v) is 10.1. The third kappa shape index (κ3) is 3.58. The van der Waals surface area contributed by atoms with Crippen LogP contribution in [0, 0.1) is 0 Å². The van der Waals surface area contributed by atoms with Gasteiger partial charge in [0.15, 0.2) is 0 Å². The Morgan fingerprint density at radius 2 is 1.21 bits per heavy atom. The summed E-state index contributed by atoms with van der Waals surface area (Å²) in [4.78, 5) is 2.46. The van der Waals surface area contributed by atoms with Gasteiger partial charge in [0.05, 0.1) is 0 Å². The van der Waals surface area contributed by atoms with Crippen molar-refractivity contribution in [2.75, 3.05) is 4.90 Å². The second-order valence-electron chi connectivity index (χ2n) is 12.2. The van der Waals surface area contributed by atoms with Crippen LogP contribution in [-0.4, -0.2) is 14.5 Å². The van der Waals surface area contributed by atoms with E-state index in [1.165, 1.54) is 74.5 Å². The van der Waals surface area contributed by atoms with E-state index in [0.29, 0.717) is 0 Å². The molecule has 1 nitrogen and oxygen atoms in total. The summed E-state index contributed by atoms with van der Waals surface area (Å²) in [7, 11) is 0. The van der Waals surface area contributed by atoms with E-state index in [2.05, 4.69) is 158 Å². The molecule has 1 aromatic heterocycles. The predicted molar refractivity (Wildman–Crippen MR) is 186 cm³/mol. The third-order valence-electron chi connectivity index (χ3n) is 9.42. The van der Waals surface area contributed by atoms with Gasteiger partial charge in [-0.1, -0.05) is 6.07 Å². The first-order chi connectivity index (χ1) is 21.1. The molecule has 0 saturated heterocycles. The maximum atomic E-state index is 2.46. The van der Waals surface area contributed by atoms with Gasteiger partial charge in [-0.3, -0.25) is 0 Å². The van der Waals surface area contributed by atoms with Crippen molar-refractivity contribution in [3.8, 4) is 11.1 Å². The quantitative estimate of drug-likeness (QED) is 0.141. The zero-order valence-electron chi connectivity index (χ0n) is 24.1. The summed E-state index contributed by atoms with van der Waals surface area (Å²) in [6.45, 7) is 4.70. The average molecular weight is 615 g/mol. The average Bonchev–Trinajstić information content (AvgIpc) is 3.54. The minimum atomic E-state index is -0.0165. The summed E-state index contributed by atoms with van der Waals surface area (Å²) >= 11 is 0.287. The van der Waals surface area contributed by atoms with E-state index in [-0.39, 0.29) is 19.9 Å². The molecule has 1 aliphatic carbocycles. The Hall–Kier alpha value is -4.62. The van der Waals surface area contributed by atoms with Crippen molar-refractivity contribution < 1.29 is 0 Å². The van der Waals surface area contributed by atoms with E-state index >= 15 is 0 Å². The third-order valence-corrected chi connectivity index (χ3v) is 12.0. The molecule has 0 radical (unpaired) electrons. The van der Waals surface area contributed by atoms with E-state index < -0.39 is 0 Å². The maximum absolute atomic E-state index is 2.46. The van der Waals surface area contributed by atoms with Gasteiger partial charge in [0.1, 0.15) is 0 Å². The van der Waals surface area contributed by atoms with Crippen LogP contribution >= 0.6 is 0 Å². The zero-order valence-corrected chi connectivity index (χ0v) is 25.8. The number of hydrogen-bond donors (Lipinski definition) is 0. The molecule has 43 heavy (non-hydrogen) atoms. The van der Waals surface area contributed by atoms with Gasteiger partial charge in [-0.05, 0) is 0 Å². The molecular formula is C41H29NSe. The molecule has 2 heteroatoms. The summed E-state index contributed by atoms with van der Waals surface area (Å²) in [6.07, 6.45) is 0. The molecule has 8 aromatic rings. The summed E-state index contributed by atoms with van der Waals surface area (Å²) in [6, 6.07) is 51.9. The van der Waals surface area contributed by atoms with E-state index in [9.17, 15) is 0 Å². The SMILES string of the molecule is CC1(C)c2ccccc2-c2cc(N(c3ccccc3)c3cc4ccc5c6ccccc6[se]c5c4c4ccccc34)ccc21. The van der Waals surface area contributed by atoms with Crippen LogP contribution in [0.4, 0.5) is 17.1 Å². The first-order valence-electron chi connectivity index (χ1n) is 14.9. The molecule has 204 valence electrons. The van der Waals surface area contributed by atoms with Crippen molar-refractivity contribution in [3.05, 3.63) is 151 Å². The molecule has 1 aliphatic rings. The molecule has 9 rings (SSSR count). The van der Waals surface area contributed by atoms with Crippen molar-refractivity contribution in [1.29, 1.82) is 0 Å². The van der Waals surface area contributed by atoms with Gasteiger partial charge >= 0.3 is 252 Å². The van der Waals surface area contributed by atoms with E-state index in [4.69, 9.17) is 0 Å². The molecule has 0 spiro atoms. The number of anilines is 3. The molecule has 0 atom stereocenters. The number of hydrogen-bond acceptors (Lipinski definition) is 1. The minimum absolute atomic E-state index is 0.0165. The van der Waals surface area contributed by atoms with Crippen LogP contribution in [-0.2, 0) is 5.41 Å². The first-order valence-corrected chi connectivity index (χ1v) is 16.7.